The molecule has 2 rings (SSSR count). The number of benzene rings is 1. The second kappa shape index (κ2) is 4.13. The Labute approximate surface area is 89.0 Å². The van der Waals surface area contributed by atoms with E-state index in [1.54, 1.807) is 12.1 Å². The number of rotatable bonds is 2. The molecule has 1 heterocycles. The Balaban J connectivity index is 2.30. The van der Waals surface area contributed by atoms with Crippen molar-refractivity contribution in [2.45, 2.75) is 19.1 Å². The minimum atomic E-state index is -0.697. The van der Waals surface area contributed by atoms with E-state index in [9.17, 15) is 4.79 Å². The third kappa shape index (κ3) is 2.08. The maximum atomic E-state index is 10.7. The number of hydrogen-bond acceptors (Lipinski definition) is 3. The number of carbonyl (C=O) groups is 1. The quantitative estimate of drug-likeness (QED) is 0.695. The molecular weight excluding hydrogens is 192 g/mol. The summed E-state index contributed by atoms with van der Waals surface area (Å²) in [5.41, 5.74) is 1.54. The Morgan fingerprint density at radius 2 is 2.07 bits per heavy atom. The molecule has 0 aromatic heterocycles. The van der Waals surface area contributed by atoms with E-state index in [0.717, 1.165) is 18.3 Å². The molecule has 0 bridgehead atoms. The van der Waals surface area contributed by atoms with Gasteiger partial charge in [0.15, 0.2) is 5.79 Å². The van der Waals surface area contributed by atoms with Crippen LogP contribution in [-0.2, 0) is 15.3 Å². The van der Waals surface area contributed by atoms with Crippen LogP contribution < -0.4 is 0 Å². The summed E-state index contributed by atoms with van der Waals surface area (Å²) < 4.78 is 11.2. The van der Waals surface area contributed by atoms with Crippen molar-refractivity contribution in [3.05, 3.63) is 35.4 Å². The van der Waals surface area contributed by atoms with Crippen LogP contribution in [0.25, 0.3) is 0 Å². The third-order valence-corrected chi connectivity index (χ3v) is 2.59. The van der Waals surface area contributed by atoms with Crippen molar-refractivity contribution in [3.63, 3.8) is 0 Å². The minimum Gasteiger partial charge on any atom is -0.346 e. The summed E-state index contributed by atoms with van der Waals surface area (Å²) in [6.07, 6.45) is 1.75. The van der Waals surface area contributed by atoms with Gasteiger partial charge in [0.25, 0.3) is 0 Å². The lowest BCUT2D eigenvalue weighted by Crippen LogP contribution is -2.34. The molecule has 0 spiro atoms. The summed E-state index contributed by atoms with van der Waals surface area (Å²) >= 11 is 0. The summed E-state index contributed by atoms with van der Waals surface area (Å²) in [6, 6.07) is 7.32. The van der Waals surface area contributed by atoms with Gasteiger partial charge in [-0.15, -0.1) is 0 Å². The molecule has 3 nitrogen and oxygen atoms in total. The highest BCUT2D eigenvalue weighted by molar-refractivity contribution is 5.75. The topological polar surface area (TPSA) is 35.5 Å². The molecule has 1 saturated heterocycles. The lowest BCUT2D eigenvalue weighted by Gasteiger charge is -2.34. The van der Waals surface area contributed by atoms with Gasteiger partial charge in [0.2, 0.25) is 0 Å². The highest BCUT2D eigenvalue weighted by Gasteiger charge is 2.31. The van der Waals surface area contributed by atoms with Gasteiger partial charge in [0, 0.05) is 11.1 Å². The van der Waals surface area contributed by atoms with Crippen molar-refractivity contribution < 1.29 is 14.3 Å². The maximum absolute atomic E-state index is 10.7. The first-order chi connectivity index (χ1) is 7.24. The number of ether oxygens (including phenoxy) is 2. The molecule has 1 fully saturated rings. The molecule has 0 atom stereocenters. The molecule has 1 aromatic carbocycles. The van der Waals surface area contributed by atoms with Gasteiger partial charge in [-0.2, -0.15) is 0 Å². The predicted octanol–water partition coefficient (Wildman–Crippen LogP) is 2.11. The SMILES string of the molecule is CC1(c2cccc(C=O)c2)OCCCO1. The standard InChI is InChI=1S/C12H14O3/c1-12(14-6-3-7-15-12)11-5-2-4-10(8-11)9-13/h2,4-5,8-9H,3,6-7H2,1H3. The fourth-order valence-electron chi connectivity index (χ4n) is 1.70. The smallest absolute Gasteiger partial charge is 0.191 e. The molecule has 3 heteroatoms. The first-order valence-corrected chi connectivity index (χ1v) is 5.08. The van der Waals surface area contributed by atoms with Crippen LogP contribution in [0.1, 0.15) is 29.3 Å². The molecule has 15 heavy (non-hydrogen) atoms. The fourth-order valence-corrected chi connectivity index (χ4v) is 1.70. The van der Waals surface area contributed by atoms with Gasteiger partial charge in [-0.05, 0) is 19.4 Å². The summed E-state index contributed by atoms with van der Waals surface area (Å²) in [4.78, 5) is 10.7. The predicted molar refractivity (Wildman–Crippen MR) is 55.7 cm³/mol. The second-order valence-corrected chi connectivity index (χ2v) is 3.74. The van der Waals surface area contributed by atoms with Crippen molar-refractivity contribution in [2.24, 2.45) is 0 Å². The maximum Gasteiger partial charge on any atom is 0.191 e. The summed E-state index contributed by atoms with van der Waals surface area (Å²) in [5, 5.41) is 0. The summed E-state index contributed by atoms with van der Waals surface area (Å²) in [7, 11) is 0. The Morgan fingerprint density at radius 3 is 2.73 bits per heavy atom. The van der Waals surface area contributed by atoms with Crippen LogP contribution >= 0.6 is 0 Å². The van der Waals surface area contributed by atoms with Gasteiger partial charge >= 0.3 is 0 Å². The lowest BCUT2D eigenvalue weighted by atomic mass is 10.0. The van der Waals surface area contributed by atoms with E-state index in [0.29, 0.717) is 18.8 Å². The van der Waals surface area contributed by atoms with Gasteiger partial charge < -0.3 is 9.47 Å². The molecule has 0 amide bonds. The van der Waals surface area contributed by atoms with Crippen molar-refractivity contribution in [1.82, 2.24) is 0 Å². The van der Waals surface area contributed by atoms with Crippen molar-refractivity contribution in [1.29, 1.82) is 0 Å². The average Bonchev–Trinajstić information content (AvgIpc) is 2.30. The number of aldehydes is 1. The van der Waals surface area contributed by atoms with E-state index >= 15 is 0 Å². The van der Waals surface area contributed by atoms with Crippen molar-refractivity contribution in [3.8, 4) is 0 Å². The van der Waals surface area contributed by atoms with Gasteiger partial charge in [-0.25, -0.2) is 0 Å². The Morgan fingerprint density at radius 1 is 1.33 bits per heavy atom. The molecule has 1 aliphatic heterocycles. The molecule has 80 valence electrons. The lowest BCUT2D eigenvalue weighted by molar-refractivity contribution is -0.264. The van der Waals surface area contributed by atoms with E-state index < -0.39 is 5.79 Å². The Hall–Kier alpha value is -1.19. The van der Waals surface area contributed by atoms with Crippen molar-refractivity contribution >= 4 is 6.29 Å². The zero-order valence-corrected chi connectivity index (χ0v) is 8.73. The normalized spacial score (nSPS) is 19.8. The fraction of sp³-hybridized carbons (Fsp3) is 0.417. The van der Waals surface area contributed by atoms with Gasteiger partial charge in [-0.1, -0.05) is 18.2 Å². The molecule has 0 unspecified atom stereocenters. The molecular formula is C12H14O3. The van der Waals surface area contributed by atoms with E-state index in [-0.39, 0.29) is 0 Å². The van der Waals surface area contributed by atoms with Crippen LogP contribution in [-0.4, -0.2) is 19.5 Å². The molecule has 0 aliphatic carbocycles. The van der Waals surface area contributed by atoms with E-state index in [4.69, 9.17) is 9.47 Å². The highest BCUT2D eigenvalue weighted by atomic mass is 16.7. The largest absolute Gasteiger partial charge is 0.346 e. The number of carbonyl (C=O) groups excluding carboxylic acids is 1. The molecule has 1 aromatic rings. The van der Waals surface area contributed by atoms with Crippen LogP contribution in [0.4, 0.5) is 0 Å². The molecule has 1 aliphatic rings. The van der Waals surface area contributed by atoms with Crippen LogP contribution in [0.5, 0.6) is 0 Å². The Bertz CT molecular complexity index is 354. The highest BCUT2D eigenvalue weighted by Crippen LogP contribution is 2.30. The first kappa shape index (κ1) is 10.3. The van der Waals surface area contributed by atoms with Crippen LogP contribution in [0, 0.1) is 0 Å². The summed E-state index contributed by atoms with van der Waals surface area (Å²) in [5.74, 6) is -0.697. The zero-order chi connectivity index (χ0) is 10.7. The van der Waals surface area contributed by atoms with Crippen LogP contribution in [0.3, 0.4) is 0 Å². The molecule has 0 radical (unpaired) electrons. The van der Waals surface area contributed by atoms with Gasteiger partial charge in [-0.3, -0.25) is 4.79 Å². The van der Waals surface area contributed by atoms with Crippen LogP contribution in [0.2, 0.25) is 0 Å². The van der Waals surface area contributed by atoms with E-state index in [2.05, 4.69) is 0 Å². The minimum absolute atomic E-state index is 0.645. The summed E-state index contributed by atoms with van der Waals surface area (Å²) in [6.45, 7) is 3.28. The van der Waals surface area contributed by atoms with E-state index in [1.807, 2.05) is 19.1 Å². The molecule has 0 N–H and O–H groups in total. The third-order valence-electron chi connectivity index (χ3n) is 2.59. The monoisotopic (exact) mass is 206 g/mol. The Kier molecular flexibility index (Phi) is 2.84. The number of hydrogen-bond donors (Lipinski definition) is 0. The van der Waals surface area contributed by atoms with Gasteiger partial charge in [0.1, 0.15) is 6.29 Å². The first-order valence-electron chi connectivity index (χ1n) is 5.08. The molecule has 0 saturated carbocycles. The van der Waals surface area contributed by atoms with E-state index in [1.165, 1.54) is 0 Å². The van der Waals surface area contributed by atoms with Gasteiger partial charge in [0.05, 0.1) is 13.2 Å². The van der Waals surface area contributed by atoms with Crippen molar-refractivity contribution in [2.75, 3.05) is 13.2 Å². The average molecular weight is 206 g/mol. The second-order valence-electron chi connectivity index (χ2n) is 3.74. The van der Waals surface area contributed by atoms with Crippen LogP contribution in [0.15, 0.2) is 24.3 Å². The zero-order valence-electron chi connectivity index (χ0n) is 8.73.